The van der Waals surface area contributed by atoms with Gasteiger partial charge in [-0.3, -0.25) is 19.0 Å². The summed E-state index contributed by atoms with van der Waals surface area (Å²) in [6, 6.07) is 3.91. The molecule has 31 heavy (non-hydrogen) atoms. The number of amides is 2. The minimum atomic E-state index is -0.650. The molecule has 168 valence electrons. The Labute approximate surface area is 182 Å². The lowest BCUT2D eigenvalue weighted by Crippen LogP contribution is -2.53. The van der Waals surface area contributed by atoms with Gasteiger partial charge < -0.3 is 14.5 Å². The summed E-state index contributed by atoms with van der Waals surface area (Å²) in [7, 11) is 3.45. The molecule has 2 aliphatic rings. The molecule has 0 aromatic carbocycles. The first kappa shape index (κ1) is 21.5. The summed E-state index contributed by atoms with van der Waals surface area (Å²) in [6.07, 6.45) is 5.23. The van der Waals surface area contributed by atoms with E-state index in [2.05, 4.69) is 24.0 Å². The monoisotopic (exact) mass is 428 g/mol. The van der Waals surface area contributed by atoms with Crippen LogP contribution in [0, 0.1) is 5.41 Å². The molecular formula is C22H32N6O3. The van der Waals surface area contributed by atoms with Gasteiger partial charge in [-0.05, 0) is 38.8 Å². The van der Waals surface area contributed by atoms with Crippen molar-refractivity contribution >= 4 is 11.8 Å². The summed E-state index contributed by atoms with van der Waals surface area (Å²) in [5.74, 6) is -0.114. The van der Waals surface area contributed by atoms with Crippen LogP contribution in [0.4, 0.5) is 0 Å². The molecule has 9 nitrogen and oxygen atoms in total. The molecule has 0 saturated carbocycles. The van der Waals surface area contributed by atoms with Crippen molar-refractivity contribution in [3.8, 4) is 0 Å². The fraction of sp³-hybridized carbons (Fsp3) is 0.636. The molecule has 2 atom stereocenters. The number of hydrogen-bond acceptors (Lipinski definition) is 5. The minimum absolute atomic E-state index is 0.108. The average Bonchev–Trinajstić information content (AvgIpc) is 3.47. The molecule has 2 aromatic rings. The number of aryl methyl sites for hydroxylation is 1. The highest BCUT2D eigenvalue weighted by molar-refractivity contribution is 5.94. The standard InChI is InChI=1S/C22H32N6O3/c1-16(2)28-19(6-9-23-28)17-14-27(20(29)18-7-11-25(3)24-18)15-22(17)8-5-10-26(21(22)30)12-13-31-4/h6-7,9,11,16-17H,5,8,10,12-15H2,1-4H3/t17-,22+/m0/s1. The Morgan fingerprint density at radius 2 is 2.16 bits per heavy atom. The number of likely N-dealkylation sites (tertiary alicyclic amines) is 2. The van der Waals surface area contributed by atoms with E-state index in [0.717, 1.165) is 25.1 Å². The summed E-state index contributed by atoms with van der Waals surface area (Å²) in [6.45, 7) is 6.87. The second-order valence-corrected chi connectivity index (χ2v) is 8.95. The number of hydrogen-bond donors (Lipinski definition) is 0. The zero-order valence-corrected chi connectivity index (χ0v) is 18.8. The summed E-state index contributed by atoms with van der Waals surface area (Å²) in [5, 5.41) is 8.81. The largest absolute Gasteiger partial charge is 0.383 e. The van der Waals surface area contributed by atoms with Crippen molar-refractivity contribution < 1.29 is 14.3 Å². The molecule has 4 heterocycles. The molecule has 1 spiro atoms. The molecule has 4 rings (SSSR count). The molecule has 0 bridgehead atoms. The normalized spacial score (nSPS) is 24.0. The number of ether oxygens (including phenoxy) is 1. The number of piperidine rings is 1. The van der Waals surface area contributed by atoms with E-state index in [1.54, 1.807) is 37.3 Å². The number of carbonyl (C=O) groups excluding carboxylic acids is 2. The van der Waals surface area contributed by atoms with Crippen molar-refractivity contribution in [2.75, 3.05) is 39.9 Å². The second kappa shape index (κ2) is 8.45. The van der Waals surface area contributed by atoms with Crippen molar-refractivity contribution in [1.29, 1.82) is 0 Å². The first-order valence-corrected chi connectivity index (χ1v) is 11.0. The number of nitrogens with zero attached hydrogens (tertiary/aromatic N) is 6. The van der Waals surface area contributed by atoms with Crippen molar-refractivity contribution in [3.63, 3.8) is 0 Å². The first-order valence-electron chi connectivity index (χ1n) is 11.0. The maximum Gasteiger partial charge on any atom is 0.274 e. The topological polar surface area (TPSA) is 85.5 Å². The Hall–Kier alpha value is -2.68. The highest BCUT2D eigenvalue weighted by Crippen LogP contribution is 2.49. The second-order valence-electron chi connectivity index (χ2n) is 8.95. The zero-order chi connectivity index (χ0) is 22.2. The van der Waals surface area contributed by atoms with E-state index >= 15 is 0 Å². The molecule has 0 unspecified atom stereocenters. The van der Waals surface area contributed by atoms with Gasteiger partial charge in [0.2, 0.25) is 5.91 Å². The fourth-order valence-electron chi connectivity index (χ4n) is 5.16. The van der Waals surface area contributed by atoms with Crippen LogP contribution in [-0.2, 0) is 16.6 Å². The number of aromatic nitrogens is 4. The Morgan fingerprint density at radius 1 is 1.35 bits per heavy atom. The van der Waals surface area contributed by atoms with Crippen LogP contribution in [0.5, 0.6) is 0 Å². The van der Waals surface area contributed by atoms with Crippen LogP contribution in [0.15, 0.2) is 24.5 Å². The third kappa shape index (κ3) is 3.75. The molecule has 2 amide bonds. The summed E-state index contributed by atoms with van der Waals surface area (Å²) in [5.41, 5.74) is 0.784. The summed E-state index contributed by atoms with van der Waals surface area (Å²) < 4.78 is 8.85. The van der Waals surface area contributed by atoms with E-state index in [-0.39, 0.29) is 23.8 Å². The van der Waals surface area contributed by atoms with E-state index in [9.17, 15) is 9.59 Å². The van der Waals surface area contributed by atoms with Gasteiger partial charge in [-0.25, -0.2) is 0 Å². The quantitative estimate of drug-likeness (QED) is 0.699. The highest BCUT2D eigenvalue weighted by atomic mass is 16.5. The molecule has 2 fully saturated rings. The zero-order valence-electron chi connectivity index (χ0n) is 18.8. The SMILES string of the molecule is COCCN1CCC[C@]2(CN(C(=O)c3ccn(C)n3)C[C@H]2c2ccnn2C(C)C)C1=O. The van der Waals surface area contributed by atoms with Gasteiger partial charge in [0.1, 0.15) is 5.69 Å². The minimum Gasteiger partial charge on any atom is -0.383 e. The molecular weight excluding hydrogens is 396 g/mol. The lowest BCUT2D eigenvalue weighted by Gasteiger charge is -2.42. The van der Waals surface area contributed by atoms with Crippen molar-refractivity contribution in [1.82, 2.24) is 29.4 Å². The highest BCUT2D eigenvalue weighted by Gasteiger charge is 2.57. The van der Waals surface area contributed by atoms with Crippen molar-refractivity contribution in [3.05, 3.63) is 35.9 Å². The van der Waals surface area contributed by atoms with Crippen LogP contribution in [-0.4, -0.2) is 81.1 Å². The van der Waals surface area contributed by atoms with E-state index in [4.69, 9.17) is 4.74 Å². The predicted octanol–water partition coefficient (Wildman–Crippen LogP) is 1.69. The van der Waals surface area contributed by atoms with Gasteiger partial charge in [-0.1, -0.05) is 0 Å². The molecule has 2 aromatic heterocycles. The Kier molecular flexibility index (Phi) is 5.88. The predicted molar refractivity (Wildman–Crippen MR) is 115 cm³/mol. The van der Waals surface area contributed by atoms with Gasteiger partial charge in [-0.15, -0.1) is 0 Å². The van der Waals surface area contributed by atoms with Crippen LogP contribution in [0.25, 0.3) is 0 Å². The van der Waals surface area contributed by atoms with Gasteiger partial charge >= 0.3 is 0 Å². The van der Waals surface area contributed by atoms with E-state index in [1.165, 1.54) is 0 Å². The lowest BCUT2D eigenvalue weighted by molar-refractivity contribution is -0.147. The molecule has 2 saturated heterocycles. The third-order valence-corrected chi connectivity index (χ3v) is 6.64. The Bertz CT molecular complexity index is 951. The molecule has 0 radical (unpaired) electrons. The maximum atomic E-state index is 13.8. The molecule has 0 N–H and O–H groups in total. The average molecular weight is 429 g/mol. The number of carbonyl (C=O) groups is 2. The number of rotatable bonds is 6. The maximum absolute atomic E-state index is 13.8. The van der Waals surface area contributed by atoms with Gasteiger partial charge in [0.25, 0.3) is 5.91 Å². The van der Waals surface area contributed by atoms with E-state index in [1.807, 2.05) is 20.5 Å². The Morgan fingerprint density at radius 3 is 2.84 bits per heavy atom. The molecule has 0 aliphatic carbocycles. The Balaban J connectivity index is 1.71. The van der Waals surface area contributed by atoms with Crippen molar-refractivity contribution in [2.45, 2.75) is 38.6 Å². The van der Waals surface area contributed by atoms with Crippen LogP contribution in [0.3, 0.4) is 0 Å². The van der Waals surface area contributed by atoms with Gasteiger partial charge in [0.05, 0.1) is 12.0 Å². The first-order chi connectivity index (χ1) is 14.9. The van der Waals surface area contributed by atoms with Gasteiger partial charge in [-0.2, -0.15) is 10.2 Å². The van der Waals surface area contributed by atoms with Gasteiger partial charge in [0.15, 0.2) is 0 Å². The van der Waals surface area contributed by atoms with E-state index in [0.29, 0.717) is 31.9 Å². The summed E-state index contributed by atoms with van der Waals surface area (Å²) in [4.78, 5) is 30.8. The summed E-state index contributed by atoms with van der Waals surface area (Å²) >= 11 is 0. The van der Waals surface area contributed by atoms with Crippen molar-refractivity contribution in [2.24, 2.45) is 12.5 Å². The number of methoxy groups -OCH3 is 1. The van der Waals surface area contributed by atoms with Crippen LogP contribution < -0.4 is 0 Å². The smallest absolute Gasteiger partial charge is 0.274 e. The third-order valence-electron chi connectivity index (χ3n) is 6.64. The fourth-order valence-corrected chi connectivity index (χ4v) is 5.16. The van der Waals surface area contributed by atoms with Gasteiger partial charge in [0, 0.05) is 70.4 Å². The van der Waals surface area contributed by atoms with E-state index < -0.39 is 5.41 Å². The molecule has 9 heteroatoms. The molecule has 2 aliphatic heterocycles. The van der Waals surface area contributed by atoms with Crippen LogP contribution in [0.2, 0.25) is 0 Å². The van der Waals surface area contributed by atoms with Crippen LogP contribution >= 0.6 is 0 Å². The lowest BCUT2D eigenvalue weighted by atomic mass is 9.70. The van der Waals surface area contributed by atoms with Crippen LogP contribution in [0.1, 0.15) is 54.8 Å².